The Balaban J connectivity index is 1.27. The first-order chi connectivity index (χ1) is 19.7. The summed E-state index contributed by atoms with van der Waals surface area (Å²) < 4.78 is 26.7. The van der Waals surface area contributed by atoms with Crippen LogP contribution in [0.2, 0.25) is 5.02 Å². The molecule has 13 heteroatoms. The van der Waals surface area contributed by atoms with Crippen molar-refractivity contribution < 1.29 is 13.5 Å². The Morgan fingerprint density at radius 2 is 1.95 bits per heavy atom. The van der Waals surface area contributed by atoms with E-state index in [0.717, 1.165) is 18.4 Å². The lowest BCUT2D eigenvalue weighted by molar-refractivity contribution is 0.152. The number of hydrogen-bond acceptors (Lipinski definition) is 8. The van der Waals surface area contributed by atoms with E-state index < -0.39 is 10.0 Å². The molecule has 1 aliphatic heterocycles. The van der Waals surface area contributed by atoms with Crippen LogP contribution < -0.4 is 10.6 Å². The Labute approximate surface area is 245 Å². The topological polar surface area (TPSA) is 130 Å². The number of hydrogen-bond donors (Lipinski definition) is 3. The van der Waals surface area contributed by atoms with Gasteiger partial charge in [-0.25, -0.2) is 32.2 Å². The van der Waals surface area contributed by atoms with Gasteiger partial charge < -0.3 is 15.7 Å². The van der Waals surface area contributed by atoms with Crippen molar-refractivity contribution in [3.8, 4) is 16.9 Å². The zero-order valence-corrected chi connectivity index (χ0v) is 24.6. The van der Waals surface area contributed by atoms with Gasteiger partial charge in [-0.05, 0) is 49.3 Å². The Morgan fingerprint density at radius 3 is 2.66 bits per heavy atom. The highest BCUT2D eigenvalue weighted by Gasteiger charge is 2.26. The average molecular weight is 599 g/mol. The van der Waals surface area contributed by atoms with E-state index >= 15 is 0 Å². The third kappa shape index (κ3) is 7.05. The summed E-state index contributed by atoms with van der Waals surface area (Å²) in [5.41, 5.74) is 3.18. The number of aliphatic hydroxyl groups is 1. The van der Waals surface area contributed by atoms with Crippen LogP contribution in [0.15, 0.2) is 36.8 Å². The van der Waals surface area contributed by atoms with Crippen molar-refractivity contribution in [3.05, 3.63) is 58.8 Å². The van der Waals surface area contributed by atoms with Crippen LogP contribution in [0.25, 0.3) is 21.8 Å². The number of benzene rings is 1. The van der Waals surface area contributed by atoms with Crippen molar-refractivity contribution in [3.63, 3.8) is 0 Å². The number of rotatable bonds is 9. The van der Waals surface area contributed by atoms with Gasteiger partial charge >= 0.3 is 0 Å². The molecule has 5 rings (SSSR count). The lowest BCUT2D eigenvalue weighted by atomic mass is 9.85. The molecule has 3 aromatic rings. The van der Waals surface area contributed by atoms with Crippen molar-refractivity contribution >= 4 is 33.3 Å². The Bertz CT molecular complexity index is 1510. The first-order valence-electron chi connectivity index (χ1n) is 13.9. The van der Waals surface area contributed by atoms with E-state index in [1.54, 1.807) is 17.1 Å². The SMILES string of the molecule is [C-]#[N+]c1cnc(NC2CCN(S(C)(=O)=O)CC2)nc1-c1cnn(-c2ccc(CN[C@@H]3CCCC[C@H]3CO)cc2Cl)c1. The van der Waals surface area contributed by atoms with Crippen LogP contribution in [0.5, 0.6) is 0 Å². The van der Waals surface area contributed by atoms with Crippen LogP contribution in [-0.4, -0.2) is 75.6 Å². The summed E-state index contributed by atoms with van der Waals surface area (Å²) in [7, 11) is -3.20. The van der Waals surface area contributed by atoms with Crippen molar-refractivity contribution in [2.75, 3.05) is 31.3 Å². The number of halogens is 1. The number of nitrogens with one attached hydrogen (secondary N) is 2. The standard InChI is InChI=1S/C28H35ClN8O3S/c1-30-25-16-32-28(34-22-9-11-36(12-10-22)41(2,39)40)35-27(25)21-15-33-37(17-21)26-8-7-19(13-23(26)29)14-31-24-6-4-3-5-20(24)18-38/h7-8,13,15-17,20,22,24,31,38H,3-6,9-12,14,18H2,2H3,(H,32,34,35)/t20-,24+/m0/s1. The van der Waals surface area contributed by atoms with Crippen molar-refractivity contribution in [2.45, 2.75) is 57.2 Å². The monoisotopic (exact) mass is 598 g/mol. The highest BCUT2D eigenvalue weighted by molar-refractivity contribution is 7.88. The first-order valence-corrected chi connectivity index (χ1v) is 16.1. The summed E-state index contributed by atoms with van der Waals surface area (Å²) in [6.45, 7) is 9.36. The second-order valence-electron chi connectivity index (χ2n) is 10.8. The zero-order valence-electron chi connectivity index (χ0n) is 23.0. The third-order valence-corrected chi connectivity index (χ3v) is 9.58. The molecule has 0 unspecified atom stereocenters. The van der Waals surface area contributed by atoms with Gasteiger partial charge in [0.25, 0.3) is 0 Å². The molecule has 0 amide bonds. The van der Waals surface area contributed by atoms with Crippen LogP contribution in [-0.2, 0) is 16.6 Å². The van der Waals surface area contributed by atoms with Gasteiger partial charge in [0.15, 0.2) is 0 Å². The van der Waals surface area contributed by atoms with Crippen molar-refractivity contribution in [1.29, 1.82) is 0 Å². The zero-order chi connectivity index (χ0) is 29.0. The molecule has 1 saturated carbocycles. The number of nitrogens with zero attached hydrogens (tertiary/aromatic N) is 6. The number of anilines is 1. The van der Waals surface area contributed by atoms with Crippen LogP contribution in [0, 0.1) is 12.5 Å². The molecule has 3 heterocycles. The van der Waals surface area contributed by atoms with Crippen LogP contribution in [0.3, 0.4) is 0 Å². The molecule has 1 aromatic carbocycles. The van der Waals surface area contributed by atoms with Gasteiger partial charge in [0.2, 0.25) is 21.7 Å². The van der Waals surface area contributed by atoms with Crippen LogP contribution >= 0.6 is 11.6 Å². The minimum Gasteiger partial charge on any atom is -0.396 e. The maximum atomic E-state index is 11.8. The largest absolute Gasteiger partial charge is 0.396 e. The molecule has 41 heavy (non-hydrogen) atoms. The number of sulfonamides is 1. The Morgan fingerprint density at radius 1 is 1.17 bits per heavy atom. The fraction of sp³-hybridized carbons (Fsp3) is 0.500. The molecule has 2 atom stereocenters. The predicted molar refractivity (Wildman–Crippen MR) is 159 cm³/mol. The molecule has 2 aliphatic rings. The van der Waals surface area contributed by atoms with Crippen LogP contribution in [0.4, 0.5) is 11.6 Å². The smallest absolute Gasteiger partial charge is 0.231 e. The van der Waals surface area contributed by atoms with Gasteiger partial charge in [-0.1, -0.05) is 30.5 Å². The first kappa shape index (κ1) is 29.4. The third-order valence-electron chi connectivity index (χ3n) is 7.97. The number of aromatic nitrogens is 4. The highest BCUT2D eigenvalue weighted by Crippen LogP contribution is 2.31. The summed E-state index contributed by atoms with van der Waals surface area (Å²) >= 11 is 6.67. The molecule has 2 aromatic heterocycles. The van der Waals surface area contributed by atoms with Gasteiger partial charge in [0.1, 0.15) is 0 Å². The molecule has 0 radical (unpaired) electrons. The fourth-order valence-electron chi connectivity index (χ4n) is 5.62. The van der Waals surface area contributed by atoms with Gasteiger partial charge in [0.05, 0.1) is 35.4 Å². The molecule has 11 nitrogen and oxygen atoms in total. The molecule has 0 bridgehead atoms. The molecule has 0 spiro atoms. The molecule has 218 valence electrons. The Kier molecular flexibility index (Phi) is 9.21. The maximum Gasteiger partial charge on any atom is 0.231 e. The van der Waals surface area contributed by atoms with E-state index in [9.17, 15) is 13.5 Å². The lowest BCUT2D eigenvalue weighted by Crippen LogP contribution is -2.42. The van der Waals surface area contributed by atoms with E-state index in [1.165, 1.54) is 29.6 Å². The van der Waals surface area contributed by atoms with Gasteiger partial charge in [0, 0.05) is 56.3 Å². The summed E-state index contributed by atoms with van der Waals surface area (Å²) in [4.78, 5) is 12.5. The van der Waals surface area contributed by atoms with Crippen molar-refractivity contribution in [2.24, 2.45) is 5.92 Å². The molecular weight excluding hydrogens is 564 g/mol. The Hall–Kier alpha value is -3.08. The summed E-state index contributed by atoms with van der Waals surface area (Å²) in [5, 5.41) is 21.6. The van der Waals surface area contributed by atoms with Gasteiger partial charge in [-0.3, -0.25) is 0 Å². The number of aliphatic hydroxyl groups excluding tert-OH is 1. The highest BCUT2D eigenvalue weighted by atomic mass is 35.5. The molecule has 3 N–H and O–H groups in total. The molecule has 1 saturated heterocycles. The second kappa shape index (κ2) is 12.8. The van der Waals surface area contributed by atoms with E-state index in [-0.39, 0.29) is 12.6 Å². The van der Waals surface area contributed by atoms with Crippen molar-refractivity contribution in [1.82, 2.24) is 29.4 Å². The lowest BCUT2D eigenvalue weighted by Gasteiger charge is -2.31. The second-order valence-corrected chi connectivity index (χ2v) is 13.2. The summed E-state index contributed by atoms with van der Waals surface area (Å²) in [6.07, 6.45) is 11.9. The minimum atomic E-state index is -3.20. The maximum absolute atomic E-state index is 11.8. The van der Waals surface area contributed by atoms with E-state index in [1.807, 2.05) is 18.2 Å². The minimum absolute atomic E-state index is 0.0295. The van der Waals surface area contributed by atoms with E-state index in [0.29, 0.717) is 78.0 Å². The molecular formula is C28H35ClN8O3S. The average Bonchev–Trinajstić information content (AvgIpc) is 3.46. The molecule has 2 fully saturated rings. The predicted octanol–water partition coefficient (Wildman–Crippen LogP) is 4.01. The van der Waals surface area contributed by atoms with E-state index in [2.05, 4.69) is 30.5 Å². The normalized spacial score (nSPS) is 20.5. The molecule has 1 aliphatic carbocycles. The van der Waals surface area contributed by atoms with Crippen LogP contribution in [0.1, 0.15) is 44.1 Å². The quantitative estimate of drug-likeness (QED) is 0.315. The fourth-order valence-corrected chi connectivity index (χ4v) is 6.78. The number of piperidine rings is 1. The van der Waals surface area contributed by atoms with Gasteiger partial charge in [-0.2, -0.15) is 5.10 Å². The summed E-state index contributed by atoms with van der Waals surface area (Å²) in [6, 6.07) is 6.20. The van der Waals surface area contributed by atoms with E-state index in [4.69, 9.17) is 18.2 Å². The summed E-state index contributed by atoms with van der Waals surface area (Å²) in [5.74, 6) is 0.681. The van der Waals surface area contributed by atoms with Gasteiger partial charge in [-0.15, -0.1) is 0 Å².